The first-order valence-corrected chi connectivity index (χ1v) is 8.97. The summed E-state index contributed by atoms with van der Waals surface area (Å²) in [5.41, 5.74) is 1.23. The number of nitrogens with one attached hydrogen (secondary N) is 1. The van der Waals surface area contributed by atoms with Crippen molar-refractivity contribution in [1.82, 2.24) is 10.4 Å². The van der Waals surface area contributed by atoms with Crippen molar-refractivity contribution in [3.63, 3.8) is 0 Å². The van der Waals surface area contributed by atoms with Crippen LogP contribution >= 0.6 is 0 Å². The third-order valence-corrected chi connectivity index (χ3v) is 4.74. The molecule has 1 aliphatic rings. The van der Waals surface area contributed by atoms with Crippen molar-refractivity contribution in [2.75, 3.05) is 6.54 Å². The Labute approximate surface area is 157 Å². The molecule has 1 aliphatic heterocycles. The van der Waals surface area contributed by atoms with Crippen LogP contribution in [0.1, 0.15) is 49.4 Å². The van der Waals surface area contributed by atoms with Crippen LogP contribution in [0.2, 0.25) is 0 Å². The molecule has 2 aromatic carbocycles. The third-order valence-electron chi connectivity index (χ3n) is 4.74. The van der Waals surface area contributed by atoms with Gasteiger partial charge in [0.05, 0.1) is 12.1 Å². The van der Waals surface area contributed by atoms with Gasteiger partial charge in [0, 0.05) is 18.2 Å². The van der Waals surface area contributed by atoms with E-state index < -0.39 is 23.7 Å². The van der Waals surface area contributed by atoms with E-state index in [0.717, 1.165) is 30.5 Å². The van der Waals surface area contributed by atoms with E-state index in [-0.39, 0.29) is 17.4 Å². The Morgan fingerprint density at radius 1 is 1.22 bits per heavy atom. The van der Waals surface area contributed by atoms with Crippen LogP contribution in [0.4, 0.5) is 9.18 Å². The van der Waals surface area contributed by atoms with Gasteiger partial charge in [0.1, 0.15) is 5.75 Å². The minimum atomic E-state index is -0.824. The summed E-state index contributed by atoms with van der Waals surface area (Å²) >= 11 is 0. The summed E-state index contributed by atoms with van der Waals surface area (Å²) in [5, 5.41) is 23.7. The number of hydrogen-bond acceptors (Lipinski definition) is 5. The molecular formula is C20H23FN2O4. The van der Waals surface area contributed by atoms with Crippen LogP contribution in [-0.2, 0) is 4.84 Å². The lowest BCUT2D eigenvalue weighted by Gasteiger charge is -2.34. The molecule has 1 amide bonds. The maximum atomic E-state index is 13.8. The van der Waals surface area contributed by atoms with Crippen LogP contribution in [0, 0.1) is 5.82 Å². The molecule has 1 unspecified atom stereocenters. The smallest absolute Gasteiger partial charge is 0.426 e. The molecule has 3 rings (SSSR count). The van der Waals surface area contributed by atoms with Gasteiger partial charge >= 0.3 is 6.09 Å². The number of piperidine rings is 1. The average Bonchev–Trinajstić information content (AvgIpc) is 2.66. The van der Waals surface area contributed by atoms with E-state index >= 15 is 0 Å². The molecule has 0 aromatic heterocycles. The second kappa shape index (κ2) is 8.26. The van der Waals surface area contributed by atoms with Crippen LogP contribution in [0.3, 0.4) is 0 Å². The Bertz CT molecular complexity index is 800. The van der Waals surface area contributed by atoms with Crippen molar-refractivity contribution in [3.8, 4) is 11.5 Å². The van der Waals surface area contributed by atoms with E-state index in [1.807, 2.05) is 37.3 Å². The lowest BCUT2D eigenvalue weighted by Crippen LogP contribution is -2.39. The van der Waals surface area contributed by atoms with Gasteiger partial charge in [-0.05, 0) is 31.4 Å². The van der Waals surface area contributed by atoms with Crippen molar-refractivity contribution in [1.29, 1.82) is 0 Å². The number of aromatic hydroxyl groups is 2. The summed E-state index contributed by atoms with van der Waals surface area (Å²) in [6.07, 6.45) is 1.66. The van der Waals surface area contributed by atoms with Crippen molar-refractivity contribution < 1.29 is 24.2 Å². The van der Waals surface area contributed by atoms with Crippen molar-refractivity contribution in [2.45, 2.75) is 38.3 Å². The normalized spacial score (nSPS) is 18.7. The number of rotatable bonds is 4. The fourth-order valence-electron chi connectivity index (χ4n) is 3.29. The Morgan fingerprint density at radius 3 is 2.70 bits per heavy atom. The molecule has 0 bridgehead atoms. The number of hydroxylamine groups is 2. The highest BCUT2D eigenvalue weighted by molar-refractivity contribution is 5.67. The van der Waals surface area contributed by atoms with E-state index in [2.05, 4.69) is 5.32 Å². The van der Waals surface area contributed by atoms with Crippen LogP contribution in [-0.4, -0.2) is 27.9 Å². The maximum Gasteiger partial charge on any atom is 0.426 e. The van der Waals surface area contributed by atoms with Crippen molar-refractivity contribution in [3.05, 3.63) is 59.4 Å². The van der Waals surface area contributed by atoms with Crippen LogP contribution in [0.15, 0.2) is 42.5 Å². The highest BCUT2D eigenvalue weighted by atomic mass is 19.1. The van der Waals surface area contributed by atoms with E-state index in [1.165, 1.54) is 5.06 Å². The molecule has 2 atom stereocenters. The molecule has 0 aliphatic carbocycles. The van der Waals surface area contributed by atoms with Gasteiger partial charge in [-0.2, -0.15) is 0 Å². The van der Waals surface area contributed by atoms with E-state index in [1.54, 1.807) is 0 Å². The molecule has 27 heavy (non-hydrogen) atoms. The van der Waals surface area contributed by atoms with Crippen molar-refractivity contribution in [2.24, 2.45) is 0 Å². The number of nitrogens with zero attached hydrogens (tertiary/aromatic N) is 1. The largest absolute Gasteiger partial charge is 0.507 e. The standard InChI is InChI=1S/C20H23FN2O4/c1-13(14-7-3-2-4-8-14)22-20(26)27-23-10-6-5-9-17(23)15-11-16(21)19(25)12-18(15)24/h2-4,7-8,11-13,17,24-25H,5-6,9-10H2,1H3,(H,22,26)/t13-,17?/m1/s1. The first-order chi connectivity index (χ1) is 13.0. The van der Waals surface area contributed by atoms with Gasteiger partial charge in [-0.15, -0.1) is 5.06 Å². The molecular weight excluding hydrogens is 351 g/mol. The van der Waals surface area contributed by atoms with Gasteiger partial charge in [-0.3, -0.25) is 0 Å². The highest BCUT2D eigenvalue weighted by Gasteiger charge is 2.30. The van der Waals surface area contributed by atoms with E-state index in [0.29, 0.717) is 13.0 Å². The first-order valence-electron chi connectivity index (χ1n) is 8.97. The summed E-state index contributed by atoms with van der Waals surface area (Å²) in [5.74, 6) is -1.67. The molecule has 1 fully saturated rings. The predicted octanol–water partition coefficient (Wildman–Crippen LogP) is 4.17. The van der Waals surface area contributed by atoms with Gasteiger partial charge in [0.25, 0.3) is 0 Å². The number of hydrogen-bond donors (Lipinski definition) is 3. The maximum absolute atomic E-state index is 13.8. The molecule has 0 saturated carbocycles. The van der Waals surface area contributed by atoms with Gasteiger partial charge in [-0.25, -0.2) is 9.18 Å². The Kier molecular flexibility index (Phi) is 5.81. The zero-order valence-electron chi connectivity index (χ0n) is 15.1. The number of phenolic OH excluding ortho intramolecular Hbond substituents is 2. The number of phenols is 2. The molecule has 1 heterocycles. The van der Waals surface area contributed by atoms with E-state index in [9.17, 15) is 19.4 Å². The number of carbonyl (C=O) groups is 1. The van der Waals surface area contributed by atoms with Gasteiger partial charge in [0.15, 0.2) is 11.6 Å². The quantitative estimate of drug-likeness (QED) is 0.748. The number of carbonyl (C=O) groups excluding carboxylic acids is 1. The zero-order valence-corrected chi connectivity index (χ0v) is 15.1. The average molecular weight is 374 g/mol. The minimum absolute atomic E-state index is 0.229. The van der Waals surface area contributed by atoms with Gasteiger partial charge in [-0.1, -0.05) is 36.8 Å². The Balaban J connectivity index is 1.70. The first kappa shape index (κ1) is 19.0. The molecule has 1 saturated heterocycles. The second-order valence-corrected chi connectivity index (χ2v) is 6.67. The summed E-state index contributed by atoms with van der Waals surface area (Å²) < 4.78 is 13.8. The SMILES string of the molecule is C[C@@H](NC(=O)ON1CCCCC1c1cc(F)c(O)cc1O)c1ccccc1. The molecule has 144 valence electrons. The highest BCUT2D eigenvalue weighted by Crippen LogP contribution is 2.38. The monoisotopic (exact) mass is 374 g/mol. The van der Waals surface area contributed by atoms with Crippen LogP contribution < -0.4 is 5.32 Å². The zero-order chi connectivity index (χ0) is 19.4. The minimum Gasteiger partial charge on any atom is -0.507 e. The summed E-state index contributed by atoms with van der Waals surface area (Å²) in [4.78, 5) is 17.8. The molecule has 0 radical (unpaired) electrons. The molecule has 6 nitrogen and oxygen atoms in total. The lowest BCUT2D eigenvalue weighted by molar-refractivity contribution is -0.148. The molecule has 3 N–H and O–H groups in total. The second-order valence-electron chi connectivity index (χ2n) is 6.67. The summed E-state index contributed by atoms with van der Waals surface area (Å²) in [7, 11) is 0. The summed E-state index contributed by atoms with van der Waals surface area (Å²) in [6.45, 7) is 2.32. The third kappa shape index (κ3) is 4.49. The Hall–Kier alpha value is -2.80. The number of amides is 1. The van der Waals surface area contributed by atoms with Gasteiger partial charge < -0.3 is 20.4 Å². The predicted molar refractivity (Wildman–Crippen MR) is 97.5 cm³/mol. The molecule has 7 heteroatoms. The van der Waals surface area contributed by atoms with Crippen LogP contribution in [0.5, 0.6) is 11.5 Å². The number of halogens is 1. The molecule has 0 spiro atoms. The van der Waals surface area contributed by atoms with Gasteiger partial charge in [0.2, 0.25) is 0 Å². The fraction of sp³-hybridized carbons (Fsp3) is 0.350. The summed E-state index contributed by atoms with van der Waals surface area (Å²) in [6, 6.07) is 10.8. The lowest BCUT2D eigenvalue weighted by atomic mass is 9.96. The number of benzene rings is 2. The Morgan fingerprint density at radius 2 is 1.96 bits per heavy atom. The van der Waals surface area contributed by atoms with E-state index in [4.69, 9.17) is 4.84 Å². The fourth-order valence-corrected chi connectivity index (χ4v) is 3.29. The van der Waals surface area contributed by atoms with Crippen LogP contribution in [0.25, 0.3) is 0 Å². The van der Waals surface area contributed by atoms with Crippen molar-refractivity contribution >= 4 is 6.09 Å². The topological polar surface area (TPSA) is 82.0 Å². The molecule has 2 aromatic rings.